The fraction of sp³-hybridized carbons (Fsp3) is 0.400. The summed E-state index contributed by atoms with van der Waals surface area (Å²) in [7, 11) is 3.23. The van der Waals surface area contributed by atoms with Gasteiger partial charge in [-0.25, -0.2) is 14.6 Å². The molecular weight excluding hydrogens is 538 g/mol. The van der Waals surface area contributed by atoms with E-state index in [-0.39, 0.29) is 43.3 Å². The number of aliphatic hydroxyl groups is 1. The molecule has 224 valence electrons. The van der Waals surface area contributed by atoms with Crippen molar-refractivity contribution >= 4 is 40.4 Å². The molecule has 1 aliphatic rings. The van der Waals surface area contributed by atoms with Crippen molar-refractivity contribution in [3.05, 3.63) is 65.2 Å². The van der Waals surface area contributed by atoms with Crippen LogP contribution in [0.4, 0.5) is 21.0 Å². The highest BCUT2D eigenvalue weighted by Crippen LogP contribution is 2.35. The number of primary amides is 1. The van der Waals surface area contributed by atoms with Crippen LogP contribution in [-0.2, 0) is 11.3 Å². The van der Waals surface area contributed by atoms with Crippen LogP contribution in [0.15, 0.2) is 54.1 Å². The molecule has 0 spiro atoms. The summed E-state index contributed by atoms with van der Waals surface area (Å²) in [5, 5.41) is 14.5. The number of pyridine rings is 1. The quantitative estimate of drug-likeness (QED) is 0.273. The highest BCUT2D eigenvalue weighted by molar-refractivity contribution is 6.07. The largest absolute Gasteiger partial charge is 0.512 e. The van der Waals surface area contributed by atoms with Gasteiger partial charge in [-0.3, -0.25) is 9.36 Å². The van der Waals surface area contributed by atoms with Gasteiger partial charge in [-0.15, -0.1) is 0 Å². The summed E-state index contributed by atoms with van der Waals surface area (Å²) in [6, 6.07) is 8.26. The van der Waals surface area contributed by atoms with E-state index < -0.39 is 12.0 Å². The Morgan fingerprint density at radius 1 is 1.12 bits per heavy atom. The molecule has 1 aromatic carbocycles. The zero-order valence-corrected chi connectivity index (χ0v) is 24.5. The van der Waals surface area contributed by atoms with Gasteiger partial charge in [0.25, 0.3) is 5.91 Å². The number of amides is 3. The second kappa shape index (κ2) is 12.8. The lowest BCUT2D eigenvalue weighted by Crippen LogP contribution is -2.39. The molecule has 4 rings (SSSR count). The number of fused-ring (bicyclic) bond motifs is 1. The van der Waals surface area contributed by atoms with Crippen LogP contribution in [-0.4, -0.2) is 75.7 Å². The molecule has 3 aromatic rings. The number of aliphatic hydroxyl groups excluding tert-OH is 1. The minimum atomic E-state index is -0.646. The van der Waals surface area contributed by atoms with E-state index in [1.54, 1.807) is 50.6 Å². The molecule has 0 saturated carbocycles. The monoisotopic (exact) mass is 577 g/mol. The number of hydrogen-bond donors (Lipinski definition) is 4. The first-order valence-corrected chi connectivity index (χ1v) is 13.9. The molecule has 2 aromatic heterocycles. The molecule has 0 aliphatic heterocycles. The highest BCUT2D eigenvalue weighted by atomic mass is 16.6. The molecule has 2 atom stereocenters. The maximum atomic E-state index is 13.4. The fourth-order valence-electron chi connectivity index (χ4n) is 5.05. The second-order valence-electron chi connectivity index (χ2n) is 10.8. The summed E-state index contributed by atoms with van der Waals surface area (Å²) in [6.45, 7) is 4.70. The third kappa shape index (κ3) is 6.59. The van der Waals surface area contributed by atoms with Gasteiger partial charge in [0, 0.05) is 63.1 Å². The van der Waals surface area contributed by atoms with E-state index >= 15 is 0 Å². The van der Waals surface area contributed by atoms with Gasteiger partial charge in [0.2, 0.25) is 0 Å². The second-order valence-corrected chi connectivity index (χ2v) is 10.8. The third-order valence-electron chi connectivity index (χ3n) is 7.77. The van der Waals surface area contributed by atoms with Gasteiger partial charge < -0.3 is 36.4 Å². The fourth-order valence-corrected chi connectivity index (χ4v) is 5.05. The van der Waals surface area contributed by atoms with Crippen molar-refractivity contribution in [2.24, 2.45) is 11.7 Å². The summed E-state index contributed by atoms with van der Waals surface area (Å²) in [5.41, 5.74) is 14.9. The summed E-state index contributed by atoms with van der Waals surface area (Å²) in [6.07, 6.45) is 4.39. The number of allylic oxidation sites excluding steroid dienone is 1. The number of hydrogen-bond acceptors (Lipinski definition) is 8. The lowest BCUT2D eigenvalue weighted by atomic mass is 9.83. The standard InChI is InChI=1S/C30H39N7O5/c1-5-20-14-18(2)24(15-25(20)38)34-26-22-10-11-37(28(22)33-16-23(26)27(32)39)29(40)35(3)12-13-36(4)30(41)42-17-19-6-8-21(31)9-7-19/h6-11,16,18,24,38H,5,12-15,17,31H2,1-4H3,(H2,32,39)(H,33,34). The number of nitrogens with zero attached hydrogens (tertiary/aromatic N) is 4. The van der Waals surface area contributed by atoms with Crippen molar-refractivity contribution < 1.29 is 24.2 Å². The number of nitrogens with two attached hydrogens (primary N) is 2. The van der Waals surface area contributed by atoms with Gasteiger partial charge in [0.15, 0.2) is 0 Å². The Balaban J connectivity index is 1.45. The number of rotatable bonds is 9. The van der Waals surface area contributed by atoms with E-state index in [0.717, 1.165) is 24.0 Å². The highest BCUT2D eigenvalue weighted by Gasteiger charge is 2.29. The average Bonchev–Trinajstić information content (AvgIpc) is 3.41. The molecule has 42 heavy (non-hydrogen) atoms. The Bertz CT molecular complexity index is 1500. The average molecular weight is 578 g/mol. The first kappa shape index (κ1) is 30.2. The molecule has 0 radical (unpaired) electrons. The van der Waals surface area contributed by atoms with Crippen molar-refractivity contribution in [1.29, 1.82) is 0 Å². The van der Waals surface area contributed by atoms with Crippen molar-refractivity contribution in [3.63, 3.8) is 0 Å². The smallest absolute Gasteiger partial charge is 0.409 e. The number of carbonyl (C=O) groups is 3. The van der Waals surface area contributed by atoms with E-state index in [9.17, 15) is 19.5 Å². The van der Waals surface area contributed by atoms with Gasteiger partial charge in [-0.2, -0.15) is 0 Å². The molecule has 12 heteroatoms. The van der Waals surface area contributed by atoms with Gasteiger partial charge in [0.05, 0.1) is 17.0 Å². The predicted octanol–water partition coefficient (Wildman–Crippen LogP) is 4.32. The van der Waals surface area contributed by atoms with Crippen molar-refractivity contribution in [2.45, 2.75) is 45.8 Å². The lowest BCUT2D eigenvalue weighted by Gasteiger charge is -2.32. The Morgan fingerprint density at radius 3 is 2.48 bits per heavy atom. The van der Waals surface area contributed by atoms with E-state index in [0.29, 0.717) is 34.6 Å². The minimum absolute atomic E-state index is 0.109. The number of aromatic nitrogens is 2. The molecule has 0 bridgehead atoms. The Labute approximate surface area is 244 Å². The third-order valence-corrected chi connectivity index (χ3v) is 7.77. The molecule has 2 heterocycles. The molecule has 1 aliphatic carbocycles. The van der Waals surface area contributed by atoms with Crippen LogP contribution < -0.4 is 16.8 Å². The SMILES string of the molecule is CCC1=C(O)CC(Nc2c(C(N)=O)cnc3c2ccn3C(=O)N(C)CCN(C)C(=O)OCc2ccc(N)cc2)C(C)C1. The van der Waals surface area contributed by atoms with Crippen molar-refractivity contribution in [2.75, 3.05) is 38.2 Å². The molecule has 12 nitrogen and oxygen atoms in total. The zero-order valence-electron chi connectivity index (χ0n) is 24.5. The van der Waals surface area contributed by atoms with Gasteiger partial charge in [-0.05, 0) is 48.1 Å². The summed E-state index contributed by atoms with van der Waals surface area (Å²) in [4.78, 5) is 45.4. The number of anilines is 2. The number of carbonyl (C=O) groups excluding carboxylic acids is 3. The summed E-state index contributed by atoms with van der Waals surface area (Å²) < 4.78 is 6.74. The van der Waals surface area contributed by atoms with Crippen LogP contribution in [0.5, 0.6) is 0 Å². The van der Waals surface area contributed by atoms with Crippen LogP contribution in [0.3, 0.4) is 0 Å². The normalized spacial score (nSPS) is 16.8. The first-order chi connectivity index (χ1) is 20.0. The summed E-state index contributed by atoms with van der Waals surface area (Å²) >= 11 is 0. The Morgan fingerprint density at radius 2 is 1.81 bits per heavy atom. The molecule has 0 fully saturated rings. The van der Waals surface area contributed by atoms with Crippen LogP contribution >= 0.6 is 0 Å². The Kier molecular flexibility index (Phi) is 9.24. The van der Waals surface area contributed by atoms with Crippen molar-refractivity contribution in [1.82, 2.24) is 19.4 Å². The van der Waals surface area contributed by atoms with Crippen LogP contribution in [0.2, 0.25) is 0 Å². The van der Waals surface area contributed by atoms with Crippen molar-refractivity contribution in [3.8, 4) is 0 Å². The number of ether oxygens (including phenoxy) is 1. The van der Waals surface area contributed by atoms with E-state index in [2.05, 4.69) is 17.2 Å². The van der Waals surface area contributed by atoms with Crippen LogP contribution in [0.25, 0.3) is 11.0 Å². The number of likely N-dealkylation sites (N-methyl/N-ethyl adjacent to an activating group) is 2. The summed E-state index contributed by atoms with van der Waals surface area (Å²) in [5.74, 6) is -0.0794. The molecular formula is C30H39N7O5. The maximum Gasteiger partial charge on any atom is 0.409 e. The van der Waals surface area contributed by atoms with E-state index in [4.69, 9.17) is 16.2 Å². The maximum absolute atomic E-state index is 13.4. The van der Waals surface area contributed by atoms with Crippen LogP contribution in [0.1, 0.15) is 49.0 Å². The number of nitrogens with one attached hydrogen (secondary N) is 1. The van der Waals surface area contributed by atoms with Gasteiger partial charge in [0.1, 0.15) is 12.3 Å². The minimum Gasteiger partial charge on any atom is -0.512 e. The number of benzene rings is 1. The van der Waals surface area contributed by atoms with Gasteiger partial charge >= 0.3 is 12.1 Å². The van der Waals surface area contributed by atoms with E-state index in [1.807, 2.05) is 6.92 Å². The topological polar surface area (TPSA) is 169 Å². The molecule has 0 saturated heterocycles. The predicted molar refractivity (Wildman–Crippen MR) is 161 cm³/mol. The van der Waals surface area contributed by atoms with Crippen LogP contribution in [0, 0.1) is 5.92 Å². The zero-order chi connectivity index (χ0) is 30.6. The van der Waals surface area contributed by atoms with Gasteiger partial charge in [-0.1, -0.05) is 26.0 Å². The number of nitrogen functional groups attached to an aromatic ring is 1. The lowest BCUT2D eigenvalue weighted by molar-refractivity contribution is 0.0998. The first-order valence-electron chi connectivity index (χ1n) is 13.9. The Hall–Kier alpha value is -4.74. The molecule has 2 unspecified atom stereocenters. The molecule has 3 amide bonds. The van der Waals surface area contributed by atoms with E-state index in [1.165, 1.54) is 20.6 Å². The molecule has 6 N–H and O–H groups in total.